The van der Waals surface area contributed by atoms with Crippen molar-refractivity contribution in [3.05, 3.63) is 178 Å². The standard InChI is InChI=1S/C44H36N4S/c1-2-10-29(11-3-1)38-28-39(30-18-22-33(23-19-30)48-42-17-9-6-14-36(42)37-26-27-49-44(37)48)46-43(45-38)31-20-24-32(25-21-31)47-40-15-7-4-12-34(40)35-13-5-8-16-41(35)47/h1-5,7,9-13,15,17-28,34,40,43,46H,6,8,14,16H2. The maximum Gasteiger partial charge on any atom is 0.145 e. The first kappa shape index (κ1) is 28.6. The van der Waals surface area contributed by atoms with Crippen LogP contribution in [-0.2, 0) is 6.42 Å². The number of rotatable bonds is 5. The largest absolute Gasteiger partial charge is 0.360 e. The maximum absolute atomic E-state index is 5.26. The molecule has 2 aliphatic heterocycles. The number of benzene rings is 3. The average Bonchev–Trinajstić information content (AvgIpc) is 3.87. The van der Waals surface area contributed by atoms with Crippen LogP contribution in [-0.4, -0.2) is 16.3 Å². The molecule has 0 spiro atoms. The molecule has 5 aliphatic rings. The zero-order chi connectivity index (χ0) is 32.3. The molecule has 3 aromatic carbocycles. The summed E-state index contributed by atoms with van der Waals surface area (Å²) in [5.74, 6) is 0.420. The van der Waals surface area contributed by atoms with Crippen LogP contribution in [0.25, 0.3) is 27.7 Å². The van der Waals surface area contributed by atoms with Crippen molar-refractivity contribution in [3.8, 4) is 5.69 Å². The minimum absolute atomic E-state index is 0.201. The first-order chi connectivity index (χ1) is 24.3. The van der Waals surface area contributed by atoms with E-state index < -0.39 is 0 Å². The van der Waals surface area contributed by atoms with Crippen molar-refractivity contribution in [3.63, 3.8) is 0 Å². The number of allylic oxidation sites excluding steroid dienone is 7. The molecule has 3 aliphatic carbocycles. The molecule has 0 saturated carbocycles. The summed E-state index contributed by atoms with van der Waals surface area (Å²) in [6.07, 6.45) is 24.8. The highest BCUT2D eigenvalue weighted by Gasteiger charge is 2.38. The Morgan fingerprint density at radius 3 is 2.43 bits per heavy atom. The van der Waals surface area contributed by atoms with E-state index in [4.69, 9.17) is 4.99 Å². The van der Waals surface area contributed by atoms with Crippen LogP contribution < -0.4 is 10.2 Å². The number of hydrogen-bond donors (Lipinski definition) is 1. The number of aliphatic imine (C=N–C) groups is 1. The Hall–Kier alpha value is -5.39. The molecule has 0 radical (unpaired) electrons. The van der Waals surface area contributed by atoms with Crippen LogP contribution in [0, 0.1) is 5.92 Å². The molecule has 0 saturated heterocycles. The Labute approximate surface area is 291 Å². The Kier molecular flexibility index (Phi) is 6.80. The number of anilines is 1. The highest BCUT2D eigenvalue weighted by atomic mass is 32.1. The SMILES string of the molecule is C1=CC2C3=C(CCC=C3)N(c3ccc(C4N=C(c5ccccc5)C=C(c5ccc(-n6c7c(c8ccsc86)CCC=C7)cc5)N4)cc3)C2C=C1. The Morgan fingerprint density at radius 2 is 1.55 bits per heavy atom. The molecule has 10 rings (SSSR count). The van der Waals surface area contributed by atoms with Crippen LogP contribution in [0.2, 0.25) is 0 Å². The van der Waals surface area contributed by atoms with Crippen LogP contribution in [0.4, 0.5) is 5.69 Å². The number of hydrogen-bond acceptors (Lipinski definition) is 4. The Morgan fingerprint density at radius 1 is 0.755 bits per heavy atom. The van der Waals surface area contributed by atoms with Gasteiger partial charge in [-0.25, -0.2) is 0 Å². The molecule has 4 nitrogen and oxygen atoms in total. The van der Waals surface area contributed by atoms with Gasteiger partial charge in [0.05, 0.1) is 17.4 Å². The van der Waals surface area contributed by atoms with E-state index in [1.807, 2.05) is 11.3 Å². The minimum atomic E-state index is -0.201. The zero-order valence-electron chi connectivity index (χ0n) is 27.2. The second-order valence-corrected chi connectivity index (χ2v) is 14.3. The normalized spacial score (nSPS) is 22.1. The van der Waals surface area contributed by atoms with E-state index in [1.165, 1.54) is 44.1 Å². The van der Waals surface area contributed by atoms with Gasteiger partial charge < -0.3 is 14.8 Å². The fourth-order valence-corrected chi connectivity index (χ4v) is 9.27. The summed E-state index contributed by atoms with van der Waals surface area (Å²) >= 11 is 1.83. The summed E-state index contributed by atoms with van der Waals surface area (Å²) in [5, 5.41) is 7.41. The van der Waals surface area contributed by atoms with Crippen molar-refractivity contribution in [2.75, 3.05) is 4.90 Å². The van der Waals surface area contributed by atoms with Crippen molar-refractivity contribution < 1.29 is 0 Å². The van der Waals surface area contributed by atoms with Crippen LogP contribution >= 0.6 is 11.3 Å². The third kappa shape index (κ3) is 4.75. The third-order valence-electron chi connectivity index (χ3n) is 10.6. The monoisotopic (exact) mass is 652 g/mol. The summed E-state index contributed by atoms with van der Waals surface area (Å²) in [6, 6.07) is 31.3. The van der Waals surface area contributed by atoms with Crippen LogP contribution in [0.3, 0.4) is 0 Å². The van der Waals surface area contributed by atoms with Crippen molar-refractivity contribution >= 4 is 44.7 Å². The molecule has 4 heterocycles. The number of thiophene rings is 1. The smallest absolute Gasteiger partial charge is 0.145 e. The van der Waals surface area contributed by atoms with Crippen LogP contribution in [0.1, 0.15) is 53.4 Å². The maximum atomic E-state index is 5.26. The van der Waals surface area contributed by atoms with Crippen molar-refractivity contribution in [2.45, 2.75) is 37.9 Å². The molecule has 5 aromatic rings. The number of nitrogens with one attached hydrogen (secondary N) is 1. The fraction of sp³-hybridized carbons (Fsp3) is 0.159. The van der Waals surface area contributed by atoms with E-state index in [9.17, 15) is 0 Å². The lowest BCUT2D eigenvalue weighted by molar-refractivity contribution is 0.662. The lowest BCUT2D eigenvalue weighted by Crippen LogP contribution is -2.32. The van der Waals surface area contributed by atoms with E-state index in [0.717, 1.165) is 53.8 Å². The van der Waals surface area contributed by atoms with E-state index in [2.05, 4.69) is 160 Å². The van der Waals surface area contributed by atoms with Gasteiger partial charge in [-0.05, 0) is 101 Å². The first-order valence-corrected chi connectivity index (χ1v) is 18.3. The summed E-state index contributed by atoms with van der Waals surface area (Å²) in [4.78, 5) is 9.15. The molecule has 3 unspecified atom stereocenters. The number of nitrogens with zero attached hydrogens (tertiary/aromatic N) is 3. The topological polar surface area (TPSA) is 32.6 Å². The number of aryl methyl sites for hydroxylation is 1. The van der Waals surface area contributed by atoms with Crippen molar-refractivity contribution in [1.82, 2.24) is 9.88 Å². The van der Waals surface area contributed by atoms with Gasteiger partial charge >= 0.3 is 0 Å². The number of aromatic nitrogens is 1. The third-order valence-corrected chi connectivity index (χ3v) is 11.5. The summed E-state index contributed by atoms with van der Waals surface area (Å²) in [5.41, 5.74) is 13.7. The van der Waals surface area contributed by atoms with Gasteiger partial charge in [0.15, 0.2) is 0 Å². The molecular weight excluding hydrogens is 617 g/mol. The van der Waals surface area contributed by atoms with E-state index in [0.29, 0.717) is 12.0 Å². The molecule has 238 valence electrons. The van der Waals surface area contributed by atoms with Crippen LogP contribution in [0.5, 0.6) is 0 Å². The van der Waals surface area contributed by atoms with Crippen LogP contribution in [0.15, 0.2) is 155 Å². The molecule has 1 N–H and O–H groups in total. The lowest BCUT2D eigenvalue weighted by atomic mass is 9.88. The molecule has 5 heteroatoms. The van der Waals surface area contributed by atoms with Gasteiger partial charge in [-0.3, -0.25) is 4.99 Å². The highest BCUT2D eigenvalue weighted by molar-refractivity contribution is 7.16. The Bertz CT molecular complexity index is 2310. The molecule has 0 bridgehead atoms. The predicted octanol–water partition coefficient (Wildman–Crippen LogP) is 10.3. The molecule has 0 fully saturated rings. The number of fused-ring (bicyclic) bond motifs is 5. The summed E-state index contributed by atoms with van der Waals surface area (Å²) in [6.45, 7) is 0. The first-order valence-electron chi connectivity index (χ1n) is 17.4. The minimum Gasteiger partial charge on any atom is -0.360 e. The predicted molar refractivity (Wildman–Crippen MR) is 205 cm³/mol. The van der Waals surface area contributed by atoms with E-state index in [1.54, 1.807) is 0 Å². The Balaban J connectivity index is 0.982. The fourth-order valence-electron chi connectivity index (χ4n) is 8.31. The van der Waals surface area contributed by atoms with E-state index in [-0.39, 0.29) is 6.17 Å². The van der Waals surface area contributed by atoms with Crippen molar-refractivity contribution in [2.24, 2.45) is 10.9 Å². The van der Waals surface area contributed by atoms with Gasteiger partial charge in [0.2, 0.25) is 0 Å². The van der Waals surface area contributed by atoms with Gasteiger partial charge in [0.1, 0.15) is 11.0 Å². The van der Waals surface area contributed by atoms with Gasteiger partial charge in [0, 0.05) is 34.1 Å². The zero-order valence-corrected chi connectivity index (χ0v) is 28.0. The second kappa shape index (κ2) is 11.6. The van der Waals surface area contributed by atoms with Gasteiger partial charge in [-0.1, -0.05) is 97.1 Å². The van der Waals surface area contributed by atoms with Crippen molar-refractivity contribution in [1.29, 1.82) is 0 Å². The lowest BCUT2D eigenvalue weighted by Gasteiger charge is -2.31. The summed E-state index contributed by atoms with van der Waals surface area (Å²) < 4.78 is 2.43. The second-order valence-electron chi connectivity index (χ2n) is 13.4. The molecule has 2 aromatic heterocycles. The highest BCUT2D eigenvalue weighted by Crippen LogP contribution is 2.45. The quantitative estimate of drug-likeness (QED) is 0.205. The summed E-state index contributed by atoms with van der Waals surface area (Å²) in [7, 11) is 0. The molecule has 3 atom stereocenters. The molecule has 49 heavy (non-hydrogen) atoms. The molecular formula is C44H36N4S. The van der Waals surface area contributed by atoms with Gasteiger partial charge in [0.25, 0.3) is 0 Å². The van der Waals surface area contributed by atoms with E-state index >= 15 is 0 Å². The average molecular weight is 653 g/mol. The van der Waals surface area contributed by atoms with Gasteiger partial charge in [-0.2, -0.15) is 0 Å². The van der Waals surface area contributed by atoms with Gasteiger partial charge in [-0.15, -0.1) is 11.3 Å². The molecule has 0 amide bonds.